The highest BCUT2D eigenvalue weighted by molar-refractivity contribution is 5.89. The van der Waals surface area contributed by atoms with Crippen LogP contribution in [0.3, 0.4) is 0 Å². The third-order valence-corrected chi connectivity index (χ3v) is 2.74. The fraction of sp³-hybridized carbons (Fsp3) is 0.429. The largest absolute Gasteiger partial charge is 0.396 e. The van der Waals surface area contributed by atoms with E-state index >= 15 is 0 Å². The summed E-state index contributed by atoms with van der Waals surface area (Å²) in [7, 11) is 0. The zero-order valence-electron chi connectivity index (χ0n) is 11.0. The number of nitrogens with zero attached hydrogens (tertiary/aromatic N) is 1. The molecule has 19 heavy (non-hydrogen) atoms. The molecule has 1 aromatic rings. The van der Waals surface area contributed by atoms with Crippen LogP contribution in [0.2, 0.25) is 0 Å². The molecule has 3 N–H and O–H groups in total. The molecule has 0 aliphatic heterocycles. The molecule has 102 valence electrons. The summed E-state index contributed by atoms with van der Waals surface area (Å²) >= 11 is 0. The van der Waals surface area contributed by atoms with Gasteiger partial charge >= 0.3 is 6.03 Å². The van der Waals surface area contributed by atoms with Crippen LogP contribution in [-0.2, 0) is 0 Å². The van der Waals surface area contributed by atoms with Crippen molar-refractivity contribution < 1.29 is 9.90 Å². The first-order chi connectivity index (χ1) is 9.15. The van der Waals surface area contributed by atoms with Gasteiger partial charge in [0, 0.05) is 18.8 Å². The molecule has 0 aromatic heterocycles. The standard InChI is InChI=1S/C14H19N3O2/c1-11(10-18)3-2-8-16-14(19)17-13-6-4-12(9-15)5-7-13/h4-7,11,18H,2-3,8,10H2,1H3,(H2,16,17,19). The van der Waals surface area contributed by atoms with Crippen molar-refractivity contribution >= 4 is 11.7 Å². The van der Waals surface area contributed by atoms with Gasteiger partial charge in [-0.05, 0) is 43.0 Å². The molecule has 1 rings (SSSR count). The second-order valence-electron chi connectivity index (χ2n) is 4.50. The van der Waals surface area contributed by atoms with E-state index in [0.29, 0.717) is 17.8 Å². The van der Waals surface area contributed by atoms with Crippen LogP contribution in [0.4, 0.5) is 10.5 Å². The van der Waals surface area contributed by atoms with Crippen molar-refractivity contribution in [3.63, 3.8) is 0 Å². The van der Waals surface area contributed by atoms with Crippen molar-refractivity contribution in [2.75, 3.05) is 18.5 Å². The number of aliphatic hydroxyl groups excluding tert-OH is 1. The molecule has 5 nitrogen and oxygen atoms in total. The number of carbonyl (C=O) groups is 1. The van der Waals surface area contributed by atoms with Crippen molar-refractivity contribution in [3.05, 3.63) is 29.8 Å². The first-order valence-corrected chi connectivity index (χ1v) is 6.31. The van der Waals surface area contributed by atoms with E-state index in [0.717, 1.165) is 12.8 Å². The van der Waals surface area contributed by atoms with Crippen molar-refractivity contribution in [1.82, 2.24) is 5.32 Å². The Morgan fingerprint density at radius 3 is 2.68 bits per heavy atom. The lowest BCUT2D eigenvalue weighted by atomic mass is 10.1. The zero-order chi connectivity index (χ0) is 14.1. The van der Waals surface area contributed by atoms with Gasteiger partial charge in [-0.1, -0.05) is 6.92 Å². The molecule has 0 aliphatic rings. The summed E-state index contributed by atoms with van der Waals surface area (Å²) in [6.07, 6.45) is 1.72. The molecule has 0 fully saturated rings. The fourth-order valence-corrected chi connectivity index (χ4v) is 1.55. The Morgan fingerprint density at radius 1 is 1.42 bits per heavy atom. The second-order valence-corrected chi connectivity index (χ2v) is 4.50. The number of rotatable bonds is 6. The zero-order valence-corrected chi connectivity index (χ0v) is 11.0. The predicted octanol–water partition coefficient (Wildman–Crippen LogP) is 2.09. The smallest absolute Gasteiger partial charge is 0.319 e. The number of nitrogens with one attached hydrogen (secondary N) is 2. The van der Waals surface area contributed by atoms with Crippen molar-refractivity contribution in [2.24, 2.45) is 5.92 Å². The number of nitriles is 1. The maximum atomic E-state index is 11.5. The third kappa shape index (κ3) is 5.89. The fourth-order valence-electron chi connectivity index (χ4n) is 1.55. The van der Waals surface area contributed by atoms with E-state index in [1.807, 2.05) is 13.0 Å². The Hall–Kier alpha value is -2.06. The predicted molar refractivity (Wildman–Crippen MR) is 73.7 cm³/mol. The summed E-state index contributed by atoms with van der Waals surface area (Å²) in [5.74, 6) is 0.267. The summed E-state index contributed by atoms with van der Waals surface area (Å²) in [5.41, 5.74) is 1.21. The molecule has 0 bridgehead atoms. The number of hydrogen-bond donors (Lipinski definition) is 3. The summed E-state index contributed by atoms with van der Waals surface area (Å²) in [6.45, 7) is 2.72. The van der Waals surface area contributed by atoms with Crippen LogP contribution in [0.5, 0.6) is 0 Å². The number of anilines is 1. The van der Waals surface area contributed by atoms with Crippen LogP contribution in [0, 0.1) is 17.2 Å². The maximum absolute atomic E-state index is 11.5. The first-order valence-electron chi connectivity index (χ1n) is 6.31. The Balaban J connectivity index is 2.25. The van der Waals surface area contributed by atoms with Gasteiger partial charge in [0.25, 0.3) is 0 Å². The normalized spacial score (nSPS) is 11.4. The molecule has 0 heterocycles. The van der Waals surface area contributed by atoms with Crippen LogP contribution in [0.1, 0.15) is 25.3 Å². The monoisotopic (exact) mass is 261 g/mol. The van der Waals surface area contributed by atoms with Gasteiger partial charge in [-0.15, -0.1) is 0 Å². The van der Waals surface area contributed by atoms with Gasteiger partial charge < -0.3 is 15.7 Å². The SMILES string of the molecule is CC(CO)CCCNC(=O)Nc1ccc(C#N)cc1. The Morgan fingerprint density at radius 2 is 2.11 bits per heavy atom. The minimum Gasteiger partial charge on any atom is -0.396 e. The van der Waals surface area contributed by atoms with Gasteiger partial charge in [0.1, 0.15) is 0 Å². The molecule has 0 saturated carbocycles. The average Bonchev–Trinajstić information content (AvgIpc) is 2.44. The highest BCUT2D eigenvalue weighted by atomic mass is 16.3. The number of aliphatic hydroxyl groups is 1. The molecule has 0 spiro atoms. The van der Waals surface area contributed by atoms with Gasteiger partial charge in [-0.2, -0.15) is 5.26 Å². The second kappa shape index (κ2) is 8.11. The molecule has 1 atom stereocenters. The van der Waals surface area contributed by atoms with Crippen LogP contribution in [0.25, 0.3) is 0 Å². The summed E-state index contributed by atoms with van der Waals surface area (Å²) in [5, 5.41) is 22.9. The van der Waals surface area contributed by atoms with E-state index in [2.05, 4.69) is 10.6 Å². The number of carbonyl (C=O) groups excluding carboxylic acids is 1. The van der Waals surface area contributed by atoms with Crippen molar-refractivity contribution in [2.45, 2.75) is 19.8 Å². The van der Waals surface area contributed by atoms with Crippen molar-refractivity contribution in [3.8, 4) is 6.07 Å². The Kier molecular flexibility index (Phi) is 6.41. The number of urea groups is 1. The third-order valence-electron chi connectivity index (χ3n) is 2.74. The van der Waals surface area contributed by atoms with Gasteiger partial charge in [0.05, 0.1) is 11.6 Å². The molecule has 1 aromatic carbocycles. The molecule has 1 unspecified atom stereocenters. The van der Waals surface area contributed by atoms with E-state index in [9.17, 15) is 4.79 Å². The van der Waals surface area contributed by atoms with E-state index in [1.54, 1.807) is 24.3 Å². The minimum atomic E-state index is -0.263. The van der Waals surface area contributed by atoms with Gasteiger partial charge in [0.2, 0.25) is 0 Å². The molecule has 5 heteroatoms. The highest BCUT2D eigenvalue weighted by Crippen LogP contribution is 2.08. The lowest BCUT2D eigenvalue weighted by Crippen LogP contribution is -2.29. The van der Waals surface area contributed by atoms with Crippen LogP contribution < -0.4 is 10.6 Å². The first kappa shape index (κ1) is 15.0. The lowest BCUT2D eigenvalue weighted by molar-refractivity contribution is 0.227. The Labute approximate surface area is 113 Å². The van der Waals surface area contributed by atoms with Crippen LogP contribution in [-0.4, -0.2) is 24.3 Å². The molecule has 0 radical (unpaired) electrons. The summed E-state index contributed by atoms with van der Waals surface area (Å²) < 4.78 is 0. The average molecular weight is 261 g/mol. The summed E-state index contributed by atoms with van der Waals surface area (Å²) in [6, 6.07) is 8.43. The Bertz CT molecular complexity index is 437. The van der Waals surface area contributed by atoms with Crippen molar-refractivity contribution in [1.29, 1.82) is 5.26 Å². The quantitative estimate of drug-likeness (QED) is 0.685. The number of hydrogen-bond acceptors (Lipinski definition) is 3. The van der Waals surface area contributed by atoms with Gasteiger partial charge in [-0.3, -0.25) is 0 Å². The highest BCUT2D eigenvalue weighted by Gasteiger charge is 2.03. The summed E-state index contributed by atoms with van der Waals surface area (Å²) in [4.78, 5) is 11.5. The lowest BCUT2D eigenvalue weighted by Gasteiger charge is -2.09. The van der Waals surface area contributed by atoms with Gasteiger partial charge in [-0.25, -0.2) is 4.79 Å². The van der Waals surface area contributed by atoms with Gasteiger partial charge in [0.15, 0.2) is 0 Å². The van der Waals surface area contributed by atoms with E-state index in [-0.39, 0.29) is 18.6 Å². The molecule has 0 saturated heterocycles. The molecule has 0 aliphatic carbocycles. The minimum absolute atomic E-state index is 0.178. The molecular formula is C14H19N3O2. The van der Waals surface area contributed by atoms with E-state index in [4.69, 9.17) is 10.4 Å². The molecule has 2 amide bonds. The molecular weight excluding hydrogens is 242 g/mol. The number of benzene rings is 1. The maximum Gasteiger partial charge on any atom is 0.319 e. The number of amides is 2. The van der Waals surface area contributed by atoms with E-state index < -0.39 is 0 Å². The topological polar surface area (TPSA) is 85.2 Å². The van der Waals surface area contributed by atoms with E-state index in [1.165, 1.54) is 0 Å². The van der Waals surface area contributed by atoms with Crippen LogP contribution in [0.15, 0.2) is 24.3 Å². The van der Waals surface area contributed by atoms with Crippen LogP contribution >= 0.6 is 0 Å².